The van der Waals surface area contributed by atoms with Crippen molar-refractivity contribution in [2.75, 3.05) is 27.3 Å². The van der Waals surface area contributed by atoms with Gasteiger partial charge in [0, 0.05) is 52.7 Å². The fraction of sp³-hybridized carbons (Fsp3) is 0.412. The van der Waals surface area contributed by atoms with Gasteiger partial charge in [-0.25, -0.2) is 8.78 Å². The van der Waals surface area contributed by atoms with Crippen LogP contribution >= 0.6 is 0 Å². The maximum absolute atomic E-state index is 14.3. The number of nitrogens with one attached hydrogen (secondary N) is 2. The van der Waals surface area contributed by atoms with Crippen LogP contribution in [0.3, 0.4) is 0 Å². The summed E-state index contributed by atoms with van der Waals surface area (Å²) >= 11 is 0. The molecule has 2 amide bonds. The first-order valence-corrected chi connectivity index (χ1v) is 22.3. The second-order valence-electron chi connectivity index (χ2n) is 16.6. The number of amides is 2. The predicted octanol–water partition coefficient (Wildman–Crippen LogP) is 12.6. The van der Waals surface area contributed by atoms with Gasteiger partial charge in [-0.1, -0.05) is 51.4 Å². The van der Waals surface area contributed by atoms with E-state index in [-0.39, 0.29) is 29.4 Å². The molecule has 8 rings (SSSR count). The molecule has 0 saturated carbocycles. The van der Waals surface area contributed by atoms with Gasteiger partial charge >= 0.3 is 0 Å². The first-order chi connectivity index (χ1) is 29.9. The number of aryl methyl sites for hydroxylation is 2. The Morgan fingerprint density at radius 1 is 0.557 bits per heavy atom. The van der Waals surface area contributed by atoms with Crippen LogP contribution in [0.2, 0.25) is 0 Å². The number of rotatable bonds is 5. The smallest absolute Gasteiger partial charge is 0.255 e. The quantitative estimate of drug-likeness (QED) is 0.179. The summed E-state index contributed by atoms with van der Waals surface area (Å²) in [5, 5.41) is 7.18. The number of hydrogen-bond acceptors (Lipinski definition) is 6. The molecule has 1 unspecified atom stereocenters. The third-order valence-corrected chi connectivity index (χ3v) is 12.6. The van der Waals surface area contributed by atoms with Crippen molar-refractivity contribution in [2.24, 2.45) is 0 Å². The van der Waals surface area contributed by atoms with Crippen LogP contribution in [0.1, 0.15) is 133 Å². The SMILES string of the molecule is CNC(=O)c1c(-c2ccc(F)cc2)oc2ccc3c(c12)CCCC(c1cc2c(c4c(C(=O)NC)c(-c5ccc(F)cc5)oc14)CCCCCCCCCO2)CCCCCCO3. The number of fused-ring (bicyclic) bond motifs is 6. The van der Waals surface area contributed by atoms with E-state index < -0.39 is 0 Å². The molecule has 10 heteroatoms. The van der Waals surface area contributed by atoms with Crippen LogP contribution in [-0.4, -0.2) is 39.1 Å². The third kappa shape index (κ3) is 9.05. The summed E-state index contributed by atoms with van der Waals surface area (Å²) in [6, 6.07) is 18.1. The van der Waals surface area contributed by atoms with Gasteiger partial charge in [0.25, 0.3) is 11.8 Å². The molecule has 8 nitrogen and oxygen atoms in total. The van der Waals surface area contributed by atoms with E-state index in [1.54, 1.807) is 38.4 Å². The minimum atomic E-state index is -0.374. The highest BCUT2D eigenvalue weighted by Gasteiger charge is 2.31. The highest BCUT2D eigenvalue weighted by molar-refractivity contribution is 6.14. The fourth-order valence-electron chi connectivity index (χ4n) is 9.42. The Kier molecular flexibility index (Phi) is 13.4. The van der Waals surface area contributed by atoms with Crippen LogP contribution in [0.4, 0.5) is 8.78 Å². The second-order valence-corrected chi connectivity index (χ2v) is 16.6. The topological polar surface area (TPSA) is 103 Å². The predicted molar refractivity (Wildman–Crippen MR) is 236 cm³/mol. The van der Waals surface area contributed by atoms with Gasteiger partial charge in [0.1, 0.15) is 45.8 Å². The average molecular weight is 831 g/mol. The standard InChI is InChI=1S/C51H56F2N2O6/c1-54-50(56)45-43-37-18-14-16-32(15-10-7-9-13-29-58-40(37)27-28-41(43)60-47(45)33-19-23-35(52)24-20-33)39-31-42-38(17-11-6-4-3-5-8-12-30-59-42)44-46(51(57)55-2)48(61-49(39)44)34-21-25-36(53)26-22-34/h19-28,31-32H,3-18,29-30H2,1-2H3,(H,54,56)(H,55,57). The van der Waals surface area contributed by atoms with E-state index in [1.807, 2.05) is 12.1 Å². The summed E-state index contributed by atoms with van der Waals surface area (Å²) in [5.41, 5.74) is 6.24. The Balaban J connectivity index is 1.26. The molecule has 2 N–H and O–H groups in total. The maximum atomic E-state index is 14.3. The van der Waals surface area contributed by atoms with E-state index >= 15 is 0 Å². The van der Waals surface area contributed by atoms with Gasteiger partial charge in [-0.05, 0) is 124 Å². The Labute approximate surface area is 356 Å². The van der Waals surface area contributed by atoms with Gasteiger partial charge in [0.05, 0.1) is 24.3 Å². The van der Waals surface area contributed by atoms with Gasteiger partial charge < -0.3 is 28.9 Å². The van der Waals surface area contributed by atoms with Crippen LogP contribution in [-0.2, 0) is 12.8 Å². The van der Waals surface area contributed by atoms with Crippen LogP contribution in [0.25, 0.3) is 44.6 Å². The van der Waals surface area contributed by atoms with Crippen molar-refractivity contribution in [1.82, 2.24) is 10.6 Å². The fourth-order valence-corrected chi connectivity index (χ4v) is 9.42. The van der Waals surface area contributed by atoms with Crippen molar-refractivity contribution in [3.05, 3.63) is 106 Å². The van der Waals surface area contributed by atoms with Gasteiger partial charge in [-0.2, -0.15) is 0 Å². The first-order valence-electron chi connectivity index (χ1n) is 22.3. The lowest BCUT2D eigenvalue weighted by Crippen LogP contribution is -2.19. The molecule has 61 heavy (non-hydrogen) atoms. The van der Waals surface area contributed by atoms with E-state index in [0.29, 0.717) is 70.0 Å². The summed E-state index contributed by atoms with van der Waals surface area (Å²) in [7, 11) is 3.23. The number of ether oxygens (including phenoxy) is 2. The van der Waals surface area contributed by atoms with Crippen molar-refractivity contribution in [3.63, 3.8) is 0 Å². The normalized spacial score (nSPS) is 17.2. The molecule has 2 aliphatic heterocycles. The largest absolute Gasteiger partial charge is 0.493 e. The van der Waals surface area contributed by atoms with Crippen molar-refractivity contribution >= 4 is 33.8 Å². The molecule has 0 bridgehead atoms. The molecule has 0 fully saturated rings. The molecule has 4 heterocycles. The molecule has 6 aromatic rings. The molecule has 0 aliphatic carbocycles. The summed E-state index contributed by atoms with van der Waals surface area (Å²) in [5.74, 6) is 1.09. The summed E-state index contributed by atoms with van der Waals surface area (Å²) in [6.07, 6.45) is 15.4. The number of furan rings is 2. The summed E-state index contributed by atoms with van der Waals surface area (Å²) < 4.78 is 54.9. The number of hydrogen-bond donors (Lipinski definition) is 2. The summed E-state index contributed by atoms with van der Waals surface area (Å²) in [4.78, 5) is 27.8. The van der Waals surface area contributed by atoms with E-state index in [4.69, 9.17) is 18.3 Å². The van der Waals surface area contributed by atoms with Crippen LogP contribution < -0.4 is 20.1 Å². The minimum Gasteiger partial charge on any atom is -0.493 e. The van der Waals surface area contributed by atoms with Crippen LogP contribution in [0.5, 0.6) is 11.5 Å². The lowest BCUT2D eigenvalue weighted by molar-refractivity contribution is 0.0956. The van der Waals surface area contributed by atoms with Crippen molar-refractivity contribution < 1.29 is 36.7 Å². The maximum Gasteiger partial charge on any atom is 0.255 e. The molecular weight excluding hydrogens is 775 g/mol. The molecule has 0 spiro atoms. The number of carbonyl (C=O) groups is 2. The molecule has 1 atom stereocenters. The van der Waals surface area contributed by atoms with Crippen LogP contribution in [0.15, 0.2) is 75.6 Å². The third-order valence-electron chi connectivity index (χ3n) is 12.6. The van der Waals surface area contributed by atoms with Gasteiger partial charge in [0.2, 0.25) is 0 Å². The monoisotopic (exact) mass is 830 g/mol. The molecule has 0 radical (unpaired) electrons. The second kappa shape index (κ2) is 19.4. The van der Waals surface area contributed by atoms with E-state index in [2.05, 4.69) is 16.7 Å². The Bertz CT molecular complexity index is 2490. The number of halogens is 2. The number of benzene rings is 4. The number of carbonyl (C=O) groups excluding carboxylic acids is 2. The van der Waals surface area contributed by atoms with Crippen molar-refractivity contribution in [3.8, 4) is 34.1 Å². The van der Waals surface area contributed by atoms with Crippen molar-refractivity contribution in [2.45, 2.75) is 109 Å². The van der Waals surface area contributed by atoms with E-state index in [1.165, 1.54) is 43.5 Å². The summed E-state index contributed by atoms with van der Waals surface area (Å²) in [6.45, 7) is 1.13. The molecule has 2 aromatic heterocycles. The van der Waals surface area contributed by atoms with Crippen LogP contribution in [0, 0.1) is 11.6 Å². The Morgan fingerprint density at radius 2 is 1.07 bits per heavy atom. The lowest BCUT2D eigenvalue weighted by atomic mass is 9.84. The first kappa shape index (κ1) is 42.1. The Hall–Kier alpha value is -5.64. The molecule has 4 aromatic carbocycles. The molecule has 320 valence electrons. The van der Waals surface area contributed by atoms with E-state index in [0.717, 1.165) is 111 Å². The molecular formula is C51H56F2N2O6. The zero-order valence-corrected chi connectivity index (χ0v) is 35.4. The molecule has 0 saturated heterocycles. The van der Waals surface area contributed by atoms with Gasteiger partial charge in [-0.15, -0.1) is 0 Å². The zero-order chi connectivity index (χ0) is 42.3. The zero-order valence-electron chi connectivity index (χ0n) is 35.4. The highest BCUT2D eigenvalue weighted by Crippen LogP contribution is 2.47. The Morgan fingerprint density at radius 3 is 1.70 bits per heavy atom. The minimum absolute atomic E-state index is 0.0457. The lowest BCUT2D eigenvalue weighted by Gasteiger charge is -2.22. The van der Waals surface area contributed by atoms with E-state index in [9.17, 15) is 18.4 Å². The average Bonchev–Trinajstić information content (AvgIpc) is 3.86. The van der Waals surface area contributed by atoms with Gasteiger partial charge in [-0.3, -0.25) is 9.59 Å². The van der Waals surface area contributed by atoms with Gasteiger partial charge in [0.15, 0.2) is 0 Å². The molecule has 2 aliphatic rings. The van der Waals surface area contributed by atoms with Crippen molar-refractivity contribution in [1.29, 1.82) is 0 Å². The highest BCUT2D eigenvalue weighted by atomic mass is 19.1.